The summed E-state index contributed by atoms with van der Waals surface area (Å²) in [7, 11) is 1.44. The van der Waals surface area contributed by atoms with Crippen molar-refractivity contribution < 1.29 is 27.5 Å². The Morgan fingerprint density at radius 2 is 1.58 bits per heavy atom. The number of hydrogen-bond acceptors (Lipinski definition) is 5. The monoisotopic (exact) mass is 492 g/mol. The summed E-state index contributed by atoms with van der Waals surface area (Å²) in [5.74, 6) is -0.335. The smallest absolute Gasteiger partial charge is 0.435 e. The maximum atomic E-state index is 13.4. The molecule has 2 amide bonds. The summed E-state index contributed by atoms with van der Waals surface area (Å²) in [6, 6.07) is 17.6. The van der Waals surface area contributed by atoms with Gasteiger partial charge < -0.3 is 4.74 Å². The molecule has 10 heteroatoms. The maximum absolute atomic E-state index is 13.4. The minimum absolute atomic E-state index is 0.194. The lowest BCUT2D eigenvalue weighted by molar-refractivity contribution is -0.141. The molecule has 0 fully saturated rings. The highest BCUT2D eigenvalue weighted by atomic mass is 19.4. The molecule has 4 aromatic rings. The molecule has 7 nitrogen and oxygen atoms in total. The van der Waals surface area contributed by atoms with Crippen molar-refractivity contribution in [1.29, 1.82) is 0 Å². The molecule has 5 rings (SSSR count). The van der Waals surface area contributed by atoms with E-state index in [1.165, 1.54) is 29.0 Å². The third-order valence-corrected chi connectivity index (χ3v) is 5.93. The van der Waals surface area contributed by atoms with Crippen molar-refractivity contribution in [3.8, 4) is 22.8 Å². The highest BCUT2D eigenvalue weighted by Gasteiger charge is 2.36. The lowest BCUT2D eigenvalue weighted by atomic mass is 10.1. The zero-order valence-corrected chi connectivity index (χ0v) is 19.0. The molecule has 1 aliphatic rings. The Morgan fingerprint density at radius 3 is 2.14 bits per heavy atom. The second-order valence-corrected chi connectivity index (χ2v) is 8.14. The van der Waals surface area contributed by atoms with E-state index in [9.17, 15) is 22.8 Å². The molecule has 1 aliphatic heterocycles. The molecule has 0 radical (unpaired) electrons. The van der Waals surface area contributed by atoms with Gasteiger partial charge in [-0.15, -0.1) is 0 Å². The highest BCUT2D eigenvalue weighted by Crippen LogP contribution is 2.33. The van der Waals surface area contributed by atoms with Gasteiger partial charge in [-0.1, -0.05) is 36.4 Å². The van der Waals surface area contributed by atoms with Crippen LogP contribution in [0.5, 0.6) is 5.88 Å². The van der Waals surface area contributed by atoms with Gasteiger partial charge in [-0.25, -0.2) is 9.67 Å². The fraction of sp³-hybridized carbons (Fsp3) is 0.154. The number of imide groups is 1. The predicted octanol–water partition coefficient (Wildman–Crippen LogP) is 4.80. The van der Waals surface area contributed by atoms with Gasteiger partial charge in [-0.3, -0.25) is 14.5 Å². The second-order valence-electron chi connectivity index (χ2n) is 8.14. The van der Waals surface area contributed by atoms with Crippen LogP contribution >= 0.6 is 0 Å². The van der Waals surface area contributed by atoms with E-state index in [2.05, 4.69) is 10.1 Å². The highest BCUT2D eigenvalue weighted by molar-refractivity contribution is 6.21. The second kappa shape index (κ2) is 8.95. The number of pyridine rings is 1. The summed E-state index contributed by atoms with van der Waals surface area (Å²) >= 11 is 0. The minimum atomic E-state index is -4.62. The van der Waals surface area contributed by atoms with Gasteiger partial charge in [0, 0.05) is 18.2 Å². The number of carbonyl (C=O) groups is 2. The topological polar surface area (TPSA) is 77.3 Å². The number of amides is 2. The number of alkyl halides is 3. The Labute approximate surface area is 203 Å². The first-order chi connectivity index (χ1) is 17.3. The van der Waals surface area contributed by atoms with Gasteiger partial charge in [0.1, 0.15) is 0 Å². The molecule has 0 N–H and O–H groups in total. The first kappa shape index (κ1) is 23.3. The van der Waals surface area contributed by atoms with E-state index in [1.54, 1.807) is 54.6 Å². The van der Waals surface area contributed by atoms with Crippen molar-refractivity contribution >= 4 is 11.8 Å². The van der Waals surface area contributed by atoms with Gasteiger partial charge in [-0.2, -0.15) is 18.3 Å². The standard InChI is InChI=1S/C26H19F3N4O3/c1-36-23-11-10-18(15-30-23)33-21(14-22(31-33)26(27,28)29)17-8-6-16(7-9-17)12-13-32-24(34)19-4-2-3-5-20(19)25(32)35/h2-11,14-15H,12-13H2,1H3. The quantitative estimate of drug-likeness (QED) is 0.362. The third-order valence-electron chi connectivity index (χ3n) is 5.93. The van der Waals surface area contributed by atoms with Crippen LogP contribution < -0.4 is 4.74 Å². The summed E-state index contributed by atoms with van der Waals surface area (Å²) in [5, 5.41) is 3.76. The number of fused-ring (bicyclic) bond motifs is 1. The molecule has 0 bridgehead atoms. The molecular weight excluding hydrogens is 473 g/mol. The van der Waals surface area contributed by atoms with Crippen LogP contribution in [0.25, 0.3) is 16.9 Å². The fourth-order valence-corrected chi connectivity index (χ4v) is 4.07. The van der Waals surface area contributed by atoms with Crippen LogP contribution in [0.15, 0.2) is 72.9 Å². The van der Waals surface area contributed by atoms with Crippen LogP contribution in [-0.2, 0) is 12.6 Å². The first-order valence-electron chi connectivity index (χ1n) is 11.0. The van der Waals surface area contributed by atoms with Gasteiger partial charge in [0.25, 0.3) is 11.8 Å². The maximum Gasteiger partial charge on any atom is 0.435 e. The molecule has 3 heterocycles. The fourth-order valence-electron chi connectivity index (χ4n) is 4.07. The van der Waals surface area contributed by atoms with E-state index in [0.717, 1.165) is 11.6 Å². The van der Waals surface area contributed by atoms with E-state index in [0.29, 0.717) is 34.7 Å². The van der Waals surface area contributed by atoms with Crippen molar-refractivity contribution in [2.45, 2.75) is 12.6 Å². The molecule has 182 valence electrons. The van der Waals surface area contributed by atoms with Crippen molar-refractivity contribution in [2.24, 2.45) is 0 Å². The zero-order valence-electron chi connectivity index (χ0n) is 19.0. The van der Waals surface area contributed by atoms with Crippen molar-refractivity contribution in [1.82, 2.24) is 19.7 Å². The van der Waals surface area contributed by atoms with Crippen LogP contribution in [0.1, 0.15) is 32.0 Å². The Bertz CT molecular complexity index is 1410. The van der Waals surface area contributed by atoms with E-state index in [-0.39, 0.29) is 24.1 Å². The number of aromatic nitrogens is 3. The molecule has 2 aromatic heterocycles. The average Bonchev–Trinajstić information content (AvgIpc) is 3.44. The molecule has 0 spiro atoms. The molecule has 0 saturated heterocycles. The van der Waals surface area contributed by atoms with Crippen molar-refractivity contribution in [3.05, 3.63) is 95.3 Å². The number of nitrogens with zero attached hydrogens (tertiary/aromatic N) is 4. The number of rotatable bonds is 6. The number of hydrogen-bond donors (Lipinski definition) is 0. The lowest BCUT2D eigenvalue weighted by Crippen LogP contribution is -2.31. The Morgan fingerprint density at radius 1 is 0.917 bits per heavy atom. The molecule has 0 aliphatic carbocycles. The van der Waals surface area contributed by atoms with Crippen LogP contribution in [0.2, 0.25) is 0 Å². The zero-order chi connectivity index (χ0) is 25.4. The van der Waals surface area contributed by atoms with Crippen LogP contribution in [-0.4, -0.2) is 45.1 Å². The SMILES string of the molecule is COc1ccc(-n2nc(C(F)(F)F)cc2-c2ccc(CCN3C(=O)c4ccccc4C3=O)cc2)cn1. The van der Waals surface area contributed by atoms with Crippen molar-refractivity contribution in [3.63, 3.8) is 0 Å². The minimum Gasteiger partial charge on any atom is -0.481 e. The summed E-state index contributed by atoms with van der Waals surface area (Å²) in [6.45, 7) is 0.194. The predicted molar refractivity (Wildman–Crippen MR) is 124 cm³/mol. The van der Waals surface area contributed by atoms with Gasteiger partial charge in [0.15, 0.2) is 5.69 Å². The van der Waals surface area contributed by atoms with Crippen LogP contribution in [0.3, 0.4) is 0 Å². The molecule has 0 atom stereocenters. The van der Waals surface area contributed by atoms with Crippen LogP contribution in [0.4, 0.5) is 13.2 Å². The molecular formula is C26H19F3N4O3. The normalized spacial score (nSPS) is 13.3. The van der Waals surface area contributed by atoms with E-state index in [1.807, 2.05) is 0 Å². The number of halogens is 3. The first-order valence-corrected chi connectivity index (χ1v) is 11.0. The van der Waals surface area contributed by atoms with Gasteiger partial charge in [0.05, 0.1) is 35.8 Å². The van der Waals surface area contributed by atoms with E-state index in [4.69, 9.17) is 4.74 Å². The summed E-state index contributed by atoms with van der Waals surface area (Å²) in [6.07, 6.45) is -2.83. The summed E-state index contributed by atoms with van der Waals surface area (Å²) in [5.41, 5.74) is 1.67. The summed E-state index contributed by atoms with van der Waals surface area (Å²) in [4.78, 5) is 30.4. The Kier molecular flexibility index (Phi) is 5.79. The van der Waals surface area contributed by atoms with Crippen LogP contribution in [0, 0.1) is 0 Å². The Balaban J connectivity index is 1.38. The number of methoxy groups -OCH3 is 1. The summed E-state index contributed by atoms with van der Waals surface area (Å²) < 4.78 is 46.5. The number of ether oxygens (including phenoxy) is 1. The Hall–Kier alpha value is -4.47. The van der Waals surface area contributed by atoms with Crippen molar-refractivity contribution in [2.75, 3.05) is 13.7 Å². The van der Waals surface area contributed by atoms with Gasteiger partial charge >= 0.3 is 6.18 Å². The van der Waals surface area contributed by atoms with E-state index < -0.39 is 11.9 Å². The molecule has 36 heavy (non-hydrogen) atoms. The van der Waals surface area contributed by atoms with Gasteiger partial charge in [-0.05, 0) is 36.2 Å². The largest absolute Gasteiger partial charge is 0.481 e. The molecule has 0 saturated carbocycles. The molecule has 0 unspecified atom stereocenters. The number of benzene rings is 2. The average molecular weight is 492 g/mol. The van der Waals surface area contributed by atoms with Gasteiger partial charge in [0.2, 0.25) is 5.88 Å². The number of carbonyl (C=O) groups excluding carboxylic acids is 2. The van der Waals surface area contributed by atoms with E-state index >= 15 is 0 Å². The lowest BCUT2D eigenvalue weighted by Gasteiger charge is -2.14. The molecule has 2 aromatic carbocycles. The third kappa shape index (κ3) is 4.21.